The lowest BCUT2D eigenvalue weighted by Gasteiger charge is -2.11. The molecule has 0 heterocycles. The van der Waals surface area contributed by atoms with E-state index < -0.39 is 31.5 Å². The highest BCUT2D eigenvalue weighted by Crippen LogP contribution is 2.22. The highest BCUT2D eigenvalue weighted by molar-refractivity contribution is 7.91. The topological polar surface area (TPSA) is 126 Å². The number of benzene rings is 2. The highest BCUT2D eigenvalue weighted by Gasteiger charge is 2.21. The summed E-state index contributed by atoms with van der Waals surface area (Å²) >= 11 is 0. The van der Waals surface area contributed by atoms with Gasteiger partial charge in [0.15, 0.2) is 19.7 Å². The van der Waals surface area contributed by atoms with Crippen molar-refractivity contribution in [2.24, 2.45) is 0 Å². The van der Waals surface area contributed by atoms with Gasteiger partial charge in [0.05, 0.1) is 21.2 Å². The minimum atomic E-state index is -3.62. The molecular formula is C16H16N2O6S2. The molecule has 2 amide bonds. The molecule has 2 aromatic rings. The van der Waals surface area contributed by atoms with Crippen LogP contribution in [-0.2, 0) is 29.3 Å². The first-order chi connectivity index (χ1) is 12.0. The third kappa shape index (κ3) is 4.67. The molecule has 8 nitrogen and oxygen atoms in total. The maximum Gasteiger partial charge on any atom is 0.314 e. The Labute approximate surface area is 151 Å². The average molecular weight is 396 g/mol. The summed E-state index contributed by atoms with van der Waals surface area (Å²) in [6, 6.07) is 11.2. The smallest absolute Gasteiger partial charge is 0.314 e. The third-order valence-corrected chi connectivity index (χ3v) is 5.59. The monoisotopic (exact) mass is 396 g/mol. The van der Waals surface area contributed by atoms with Crippen molar-refractivity contribution >= 4 is 42.9 Å². The fourth-order valence-electron chi connectivity index (χ4n) is 2.14. The van der Waals surface area contributed by atoms with Gasteiger partial charge in [0.25, 0.3) is 0 Å². The fourth-order valence-corrected chi connectivity index (χ4v) is 3.83. The molecule has 0 unspecified atom stereocenters. The second kappa shape index (κ2) is 7.26. The number of rotatable bonds is 4. The molecule has 0 aliphatic carbocycles. The van der Waals surface area contributed by atoms with E-state index in [2.05, 4.69) is 10.6 Å². The van der Waals surface area contributed by atoms with Gasteiger partial charge in [-0.2, -0.15) is 0 Å². The molecule has 0 radical (unpaired) electrons. The molecule has 0 aliphatic heterocycles. The molecule has 0 saturated heterocycles. The van der Waals surface area contributed by atoms with Gasteiger partial charge in [0.2, 0.25) is 0 Å². The zero-order valence-electron chi connectivity index (χ0n) is 13.9. The Hall–Kier alpha value is -2.72. The van der Waals surface area contributed by atoms with E-state index in [0.29, 0.717) is 0 Å². The standard InChI is InChI=1S/C16H16N2O6S2/c1-25(21,22)13-9-5-3-7-11(13)17-15(19)16(20)18-12-8-4-6-10-14(12)26(2,23)24/h3-10H,1-2H3,(H,17,19)(H,18,20). The molecule has 0 spiro atoms. The van der Waals surface area contributed by atoms with Gasteiger partial charge in [-0.05, 0) is 24.3 Å². The number of hydrogen-bond donors (Lipinski definition) is 2. The zero-order chi connectivity index (χ0) is 19.5. The first kappa shape index (κ1) is 19.6. The van der Waals surface area contributed by atoms with Gasteiger partial charge in [-0.25, -0.2) is 16.8 Å². The van der Waals surface area contributed by atoms with Crippen molar-refractivity contribution in [2.45, 2.75) is 9.79 Å². The van der Waals surface area contributed by atoms with Crippen molar-refractivity contribution in [2.75, 3.05) is 23.1 Å². The molecule has 0 atom stereocenters. The highest BCUT2D eigenvalue weighted by atomic mass is 32.2. The largest absolute Gasteiger partial charge is 0.317 e. The Morgan fingerprint density at radius 1 is 0.654 bits per heavy atom. The van der Waals surface area contributed by atoms with Crippen LogP contribution in [0.15, 0.2) is 58.3 Å². The van der Waals surface area contributed by atoms with E-state index in [1.807, 2.05) is 0 Å². The molecule has 138 valence electrons. The molecule has 10 heteroatoms. The number of para-hydroxylation sites is 2. The third-order valence-electron chi connectivity index (χ3n) is 3.28. The Kier molecular flexibility index (Phi) is 5.47. The Balaban J connectivity index is 2.25. The summed E-state index contributed by atoms with van der Waals surface area (Å²) in [6.07, 6.45) is 1.95. The lowest BCUT2D eigenvalue weighted by atomic mass is 10.3. The molecule has 0 bridgehead atoms. The Morgan fingerprint density at radius 2 is 0.962 bits per heavy atom. The van der Waals surface area contributed by atoms with Crippen LogP contribution >= 0.6 is 0 Å². The van der Waals surface area contributed by atoms with E-state index in [1.54, 1.807) is 0 Å². The van der Waals surface area contributed by atoms with Crippen molar-refractivity contribution < 1.29 is 26.4 Å². The van der Waals surface area contributed by atoms with E-state index in [4.69, 9.17) is 0 Å². The van der Waals surface area contributed by atoms with E-state index in [9.17, 15) is 26.4 Å². The number of carbonyl (C=O) groups excluding carboxylic acids is 2. The van der Waals surface area contributed by atoms with Gasteiger partial charge < -0.3 is 10.6 Å². The predicted molar refractivity (Wildman–Crippen MR) is 96.4 cm³/mol. The van der Waals surface area contributed by atoms with Crippen molar-refractivity contribution in [3.8, 4) is 0 Å². The number of amides is 2. The first-order valence-corrected chi connectivity index (χ1v) is 11.0. The molecule has 0 saturated carbocycles. The van der Waals surface area contributed by atoms with Crippen molar-refractivity contribution in [1.29, 1.82) is 0 Å². The molecule has 0 aliphatic rings. The van der Waals surface area contributed by atoms with Crippen LogP contribution in [0.3, 0.4) is 0 Å². The Morgan fingerprint density at radius 3 is 1.27 bits per heavy atom. The van der Waals surface area contributed by atoms with E-state index in [1.165, 1.54) is 48.5 Å². The molecule has 0 fully saturated rings. The SMILES string of the molecule is CS(=O)(=O)c1ccccc1NC(=O)C(=O)Nc1ccccc1S(C)(=O)=O. The minimum absolute atomic E-state index is 0.0495. The fraction of sp³-hybridized carbons (Fsp3) is 0.125. The summed E-state index contributed by atoms with van der Waals surface area (Å²) in [4.78, 5) is 23.9. The lowest BCUT2D eigenvalue weighted by molar-refractivity contribution is -0.133. The van der Waals surface area contributed by atoms with Crippen molar-refractivity contribution in [3.05, 3.63) is 48.5 Å². The van der Waals surface area contributed by atoms with Crippen LogP contribution in [0, 0.1) is 0 Å². The van der Waals surface area contributed by atoms with Crippen molar-refractivity contribution in [1.82, 2.24) is 0 Å². The summed E-state index contributed by atoms with van der Waals surface area (Å²) in [6.45, 7) is 0. The van der Waals surface area contributed by atoms with Gasteiger partial charge in [0.1, 0.15) is 0 Å². The molecule has 2 N–H and O–H groups in total. The van der Waals surface area contributed by atoms with E-state index in [0.717, 1.165) is 12.5 Å². The molecule has 0 aromatic heterocycles. The summed E-state index contributed by atoms with van der Waals surface area (Å²) in [7, 11) is -7.23. The van der Waals surface area contributed by atoms with Gasteiger partial charge in [0, 0.05) is 12.5 Å². The van der Waals surface area contributed by atoms with Crippen molar-refractivity contribution in [3.63, 3.8) is 0 Å². The van der Waals surface area contributed by atoms with Gasteiger partial charge >= 0.3 is 11.8 Å². The maximum absolute atomic E-state index is 12.1. The number of hydrogen-bond acceptors (Lipinski definition) is 6. The van der Waals surface area contributed by atoms with E-state index >= 15 is 0 Å². The van der Waals surface area contributed by atoms with Crippen LogP contribution in [-0.4, -0.2) is 41.2 Å². The van der Waals surface area contributed by atoms with Gasteiger partial charge in [-0.3, -0.25) is 9.59 Å². The maximum atomic E-state index is 12.1. The summed E-state index contributed by atoms with van der Waals surface area (Å²) < 4.78 is 46.9. The average Bonchev–Trinajstić information content (AvgIpc) is 2.53. The predicted octanol–water partition coefficient (Wildman–Crippen LogP) is 1.07. The first-order valence-electron chi connectivity index (χ1n) is 7.20. The van der Waals surface area contributed by atoms with Crippen LogP contribution in [0.1, 0.15) is 0 Å². The van der Waals surface area contributed by atoms with Crippen LogP contribution < -0.4 is 10.6 Å². The van der Waals surface area contributed by atoms with Crippen LogP contribution in [0.5, 0.6) is 0 Å². The Bertz CT molecular complexity index is 988. The lowest BCUT2D eigenvalue weighted by Crippen LogP contribution is -2.30. The second-order valence-electron chi connectivity index (χ2n) is 5.44. The summed E-state index contributed by atoms with van der Waals surface area (Å²) in [5.41, 5.74) is -0.0990. The van der Waals surface area contributed by atoms with E-state index in [-0.39, 0.29) is 21.2 Å². The zero-order valence-corrected chi connectivity index (χ0v) is 15.5. The molecular weight excluding hydrogens is 380 g/mol. The summed E-state index contributed by atoms with van der Waals surface area (Å²) in [5, 5.41) is 4.43. The van der Waals surface area contributed by atoms with Gasteiger partial charge in [-0.15, -0.1) is 0 Å². The number of carbonyl (C=O) groups is 2. The van der Waals surface area contributed by atoms with Crippen LogP contribution in [0.25, 0.3) is 0 Å². The normalized spacial score (nSPS) is 11.6. The number of sulfone groups is 2. The number of anilines is 2. The number of nitrogens with one attached hydrogen (secondary N) is 2. The molecule has 26 heavy (non-hydrogen) atoms. The van der Waals surface area contributed by atoms with Gasteiger partial charge in [-0.1, -0.05) is 24.3 Å². The van der Waals surface area contributed by atoms with Crippen LogP contribution in [0.2, 0.25) is 0 Å². The van der Waals surface area contributed by atoms with Crippen LogP contribution in [0.4, 0.5) is 11.4 Å². The molecule has 2 aromatic carbocycles. The minimum Gasteiger partial charge on any atom is -0.317 e. The molecule has 2 rings (SSSR count). The summed E-state index contributed by atoms with van der Waals surface area (Å²) in [5.74, 6) is -2.27. The second-order valence-corrected chi connectivity index (χ2v) is 9.41. The quantitative estimate of drug-likeness (QED) is 0.745.